The van der Waals surface area contributed by atoms with Crippen LogP contribution in [0.15, 0.2) is 42.5 Å². The Bertz CT molecular complexity index is 1330. The molecule has 0 radical (unpaired) electrons. The zero-order valence-electron chi connectivity index (χ0n) is 22.4. The molecule has 8 heteroatoms. The maximum absolute atomic E-state index is 14.4. The van der Waals surface area contributed by atoms with Gasteiger partial charge in [0.25, 0.3) is 0 Å². The molecule has 1 N–H and O–H groups in total. The molecule has 0 aliphatic carbocycles. The maximum atomic E-state index is 14.4. The number of aryl methyl sites for hydroxylation is 2. The van der Waals surface area contributed by atoms with Crippen LogP contribution in [0.2, 0.25) is 0 Å². The van der Waals surface area contributed by atoms with E-state index in [2.05, 4.69) is 32.2 Å². The molecule has 6 nitrogen and oxygen atoms in total. The lowest BCUT2D eigenvalue weighted by molar-refractivity contribution is -0.122. The van der Waals surface area contributed by atoms with Gasteiger partial charge in [-0.15, -0.1) is 11.8 Å². The van der Waals surface area contributed by atoms with Crippen molar-refractivity contribution in [3.05, 3.63) is 76.2 Å². The number of anilines is 1. The van der Waals surface area contributed by atoms with E-state index in [4.69, 9.17) is 5.10 Å². The number of rotatable bonds is 6. The number of aromatic nitrogens is 2. The highest BCUT2D eigenvalue weighted by atomic mass is 32.2. The molecule has 3 aromatic rings. The van der Waals surface area contributed by atoms with Crippen LogP contribution in [0.5, 0.6) is 0 Å². The van der Waals surface area contributed by atoms with Gasteiger partial charge in [-0.1, -0.05) is 57.5 Å². The van der Waals surface area contributed by atoms with E-state index in [1.807, 2.05) is 43.7 Å². The van der Waals surface area contributed by atoms with Crippen LogP contribution in [-0.4, -0.2) is 40.4 Å². The summed E-state index contributed by atoms with van der Waals surface area (Å²) in [7, 11) is 0. The van der Waals surface area contributed by atoms with E-state index in [1.54, 1.807) is 11.0 Å². The molecule has 196 valence electrons. The Morgan fingerprint density at radius 2 is 1.95 bits per heavy atom. The third-order valence-electron chi connectivity index (χ3n) is 6.41. The SMILES string of the molecule is CCCNC(=O)CN1C(=O)CS[C@@H](c2cccc(F)c2)c2c(C(C)(C)C)nn(-c3ccc(C)cc3C)c21. The fourth-order valence-electron chi connectivity index (χ4n) is 4.68. The van der Waals surface area contributed by atoms with Crippen molar-refractivity contribution in [1.82, 2.24) is 15.1 Å². The van der Waals surface area contributed by atoms with Gasteiger partial charge < -0.3 is 5.32 Å². The molecule has 2 amide bonds. The first-order chi connectivity index (χ1) is 17.5. The highest BCUT2D eigenvalue weighted by Crippen LogP contribution is 2.48. The second-order valence-electron chi connectivity index (χ2n) is 10.6. The van der Waals surface area contributed by atoms with E-state index in [0.717, 1.165) is 40.1 Å². The first kappa shape index (κ1) is 26.9. The average Bonchev–Trinajstić information content (AvgIpc) is 3.15. The summed E-state index contributed by atoms with van der Waals surface area (Å²) in [4.78, 5) is 28.1. The second kappa shape index (κ2) is 10.7. The number of halogens is 1. The fourth-order valence-corrected chi connectivity index (χ4v) is 5.87. The van der Waals surface area contributed by atoms with Gasteiger partial charge in [0.2, 0.25) is 11.8 Å². The molecule has 37 heavy (non-hydrogen) atoms. The molecule has 0 saturated carbocycles. The molecule has 0 unspecified atom stereocenters. The summed E-state index contributed by atoms with van der Waals surface area (Å²) < 4.78 is 16.2. The van der Waals surface area contributed by atoms with E-state index in [9.17, 15) is 14.0 Å². The van der Waals surface area contributed by atoms with E-state index in [0.29, 0.717) is 12.4 Å². The van der Waals surface area contributed by atoms with Gasteiger partial charge in [0, 0.05) is 17.5 Å². The lowest BCUT2D eigenvalue weighted by atomic mass is 9.87. The van der Waals surface area contributed by atoms with Crippen molar-refractivity contribution >= 4 is 29.4 Å². The number of amides is 2. The van der Waals surface area contributed by atoms with Gasteiger partial charge in [0.05, 0.1) is 22.4 Å². The van der Waals surface area contributed by atoms with Crippen molar-refractivity contribution in [3.8, 4) is 5.69 Å². The molecule has 1 aliphatic heterocycles. The Labute approximate surface area is 222 Å². The van der Waals surface area contributed by atoms with E-state index in [-0.39, 0.29) is 40.6 Å². The summed E-state index contributed by atoms with van der Waals surface area (Å²) in [5.74, 6) is 0.00927. The smallest absolute Gasteiger partial charge is 0.240 e. The fraction of sp³-hybridized carbons (Fsp3) is 0.414. The topological polar surface area (TPSA) is 67.2 Å². The van der Waals surface area contributed by atoms with Crippen molar-refractivity contribution < 1.29 is 14.0 Å². The third kappa shape index (κ3) is 5.59. The molecule has 0 saturated heterocycles. The zero-order chi connectivity index (χ0) is 26.9. The van der Waals surface area contributed by atoms with Crippen LogP contribution < -0.4 is 10.2 Å². The van der Waals surface area contributed by atoms with Gasteiger partial charge in [-0.2, -0.15) is 5.10 Å². The summed E-state index contributed by atoms with van der Waals surface area (Å²) >= 11 is 1.45. The van der Waals surface area contributed by atoms with Crippen LogP contribution in [0.4, 0.5) is 10.2 Å². The van der Waals surface area contributed by atoms with Crippen molar-refractivity contribution in [1.29, 1.82) is 0 Å². The number of hydrogen-bond donors (Lipinski definition) is 1. The lowest BCUT2D eigenvalue weighted by Crippen LogP contribution is -2.42. The summed E-state index contributed by atoms with van der Waals surface area (Å²) in [5, 5.41) is 7.67. The standard InChI is InChI=1S/C29H35FN4O2S/c1-7-13-31-23(35)16-33-24(36)17-37-26(20-9-8-10-21(30)15-20)25-27(29(4,5)6)32-34(28(25)33)22-12-11-18(2)14-19(22)3/h8-12,14-15,26H,7,13,16-17H2,1-6H3,(H,31,35)/t26-/m0/s1. The predicted octanol–water partition coefficient (Wildman–Crippen LogP) is 5.62. The maximum Gasteiger partial charge on any atom is 0.240 e. The van der Waals surface area contributed by atoms with E-state index in [1.165, 1.54) is 23.9 Å². The second-order valence-corrected chi connectivity index (χ2v) is 11.7. The predicted molar refractivity (Wildman–Crippen MR) is 148 cm³/mol. The van der Waals surface area contributed by atoms with Crippen molar-refractivity contribution in [2.45, 2.75) is 58.6 Å². The normalized spacial score (nSPS) is 15.9. The van der Waals surface area contributed by atoms with Gasteiger partial charge in [0.1, 0.15) is 18.2 Å². The molecule has 2 heterocycles. The van der Waals surface area contributed by atoms with Crippen LogP contribution in [0.1, 0.15) is 67.3 Å². The zero-order valence-corrected chi connectivity index (χ0v) is 23.2. The van der Waals surface area contributed by atoms with Gasteiger partial charge >= 0.3 is 0 Å². The van der Waals surface area contributed by atoms with Crippen molar-refractivity contribution in [3.63, 3.8) is 0 Å². The first-order valence-corrected chi connectivity index (χ1v) is 13.7. The number of carbonyl (C=O) groups excluding carboxylic acids is 2. The highest BCUT2D eigenvalue weighted by Gasteiger charge is 2.40. The molecule has 0 spiro atoms. The number of benzene rings is 2. The number of nitrogens with one attached hydrogen (secondary N) is 1. The largest absolute Gasteiger partial charge is 0.355 e. The molecule has 1 atom stereocenters. The summed E-state index contributed by atoms with van der Waals surface area (Å²) in [6.07, 6.45) is 0.803. The van der Waals surface area contributed by atoms with Gasteiger partial charge in [-0.05, 0) is 49.6 Å². The quantitative estimate of drug-likeness (QED) is 0.456. The summed E-state index contributed by atoms with van der Waals surface area (Å²) in [6.45, 7) is 12.7. The minimum absolute atomic E-state index is 0.109. The van der Waals surface area contributed by atoms with E-state index < -0.39 is 0 Å². The Balaban J connectivity index is 2.03. The molecule has 1 aliphatic rings. The highest BCUT2D eigenvalue weighted by molar-refractivity contribution is 8.00. The Hall–Kier alpha value is -3.13. The van der Waals surface area contributed by atoms with Crippen molar-refractivity contribution in [2.24, 2.45) is 0 Å². The molecule has 1 aromatic heterocycles. The first-order valence-electron chi connectivity index (χ1n) is 12.7. The van der Waals surface area contributed by atoms with Gasteiger partial charge in [0.15, 0.2) is 0 Å². The molecule has 2 aromatic carbocycles. The summed E-state index contributed by atoms with van der Waals surface area (Å²) in [6, 6.07) is 12.6. The van der Waals surface area contributed by atoms with Crippen LogP contribution in [0.3, 0.4) is 0 Å². The number of fused-ring (bicyclic) bond motifs is 1. The Morgan fingerprint density at radius 3 is 2.59 bits per heavy atom. The average molecular weight is 523 g/mol. The van der Waals surface area contributed by atoms with Crippen molar-refractivity contribution in [2.75, 3.05) is 23.7 Å². The minimum atomic E-state index is -0.371. The lowest BCUT2D eigenvalue weighted by Gasteiger charge is -2.25. The summed E-state index contributed by atoms with van der Waals surface area (Å²) in [5.41, 5.74) is 5.03. The van der Waals surface area contributed by atoms with Crippen LogP contribution >= 0.6 is 11.8 Å². The number of thioether (sulfide) groups is 1. The Morgan fingerprint density at radius 1 is 1.19 bits per heavy atom. The third-order valence-corrected chi connectivity index (χ3v) is 7.66. The minimum Gasteiger partial charge on any atom is -0.355 e. The Kier molecular flexibility index (Phi) is 7.78. The monoisotopic (exact) mass is 522 g/mol. The number of hydrogen-bond acceptors (Lipinski definition) is 4. The molecule has 0 fully saturated rings. The number of carbonyl (C=O) groups is 2. The number of nitrogens with zero attached hydrogens (tertiary/aromatic N) is 3. The van der Waals surface area contributed by atoms with Gasteiger partial charge in [-0.25, -0.2) is 9.07 Å². The molecule has 0 bridgehead atoms. The molecular weight excluding hydrogens is 487 g/mol. The van der Waals surface area contributed by atoms with Crippen LogP contribution in [-0.2, 0) is 15.0 Å². The molecule has 4 rings (SSSR count). The van der Waals surface area contributed by atoms with Gasteiger partial charge in [-0.3, -0.25) is 14.5 Å². The van der Waals surface area contributed by atoms with E-state index >= 15 is 0 Å². The molecular formula is C29H35FN4O2S. The van der Waals surface area contributed by atoms with Crippen LogP contribution in [0, 0.1) is 19.7 Å². The van der Waals surface area contributed by atoms with Crippen LogP contribution in [0.25, 0.3) is 5.69 Å².